The zero-order chi connectivity index (χ0) is 22.4. The van der Waals surface area contributed by atoms with Gasteiger partial charge in [-0.3, -0.25) is 19.0 Å². The summed E-state index contributed by atoms with van der Waals surface area (Å²) < 4.78 is 8.11. The third kappa shape index (κ3) is 6.13. The van der Waals surface area contributed by atoms with Gasteiger partial charge in [-0.1, -0.05) is 37.3 Å². The molecule has 0 aliphatic carbocycles. The number of amides is 1. The predicted octanol–water partition coefficient (Wildman–Crippen LogP) is 2.01. The Morgan fingerprint density at radius 2 is 1.83 bits per heavy atom. The Morgan fingerprint density at radius 3 is 2.33 bits per heavy atom. The number of nitrogens with zero attached hydrogens (tertiary/aromatic N) is 2. The lowest BCUT2D eigenvalue weighted by atomic mass is 10.1. The Kier molecular flexibility index (Phi) is 8.57. The van der Waals surface area contributed by atoms with Crippen molar-refractivity contribution in [3.63, 3.8) is 0 Å². The second-order valence-electron chi connectivity index (χ2n) is 7.83. The first kappa shape index (κ1) is 24.0. The van der Waals surface area contributed by atoms with E-state index in [2.05, 4.69) is 5.32 Å². The molecule has 3 rings (SSSR count). The third-order valence-corrected chi connectivity index (χ3v) is 5.84. The molecule has 1 amide bonds. The SMILES string of the molecule is CC1CN(C(=O)Cn2c(=O)sc3ccccc32)CC(C)O1.CN[C@H](C(=O)O)C(C)C. The molecule has 0 spiro atoms. The molecule has 8 nitrogen and oxygen atoms in total. The molecule has 1 aromatic heterocycles. The zero-order valence-electron chi connectivity index (χ0n) is 18.1. The van der Waals surface area contributed by atoms with Crippen LogP contribution in [0.15, 0.2) is 29.1 Å². The van der Waals surface area contributed by atoms with E-state index in [1.54, 1.807) is 16.5 Å². The second-order valence-corrected chi connectivity index (χ2v) is 8.82. The summed E-state index contributed by atoms with van der Waals surface area (Å²) in [5.74, 6) is -0.664. The molecule has 1 aromatic carbocycles. The van der Waals surface area contributed by atoms with Gasteiger partial charge in [-0.25, -0.2) is 0 Å². The number of hydrogen-bond acceptors (Lipinski definition) is 6. The fourth-order valence-corrected chi connectivity index (χ4v) is 4.41. The molecule has 2 aromatic rings. The van der Waals surface area contributed by atoms with Crippen LogP contribution in [0.3, 0.4) is 0 Å². The summed E-state index contributed by atoms with van der Waals surface area (Å²) in [6.45, 7) is 8.93. The number of hydrogen-bond donors (Lipinski definition) is 2. The number of rotatable bonds is 5. The van der Waals surface area contributed by atoms with Gasteiger partial charge in [-0.2, -0.15) is 0 Å². The van der Waals surface area contributed by atoms with Crippen molar-refractivity contribution >= 4 is 33.4 Å². The van der Waals surface area contributed by atoms with Crippen molar-refractivity contribution in [1.29, 1.82) is 0 Å². The van der Waals surface area contributed by atoms with Crippen LogP contribution < -0.4 is 10.2 Å². The van der Waals surface area contributed by atoms with Gasteiger partial charge in [-0.05, 0) is 38.9 Å². The van der Waals surface area contributed by atoms with Gasteiger partial charge in [0.1, 0.15) is 12.6 Å². The van der Waals surface area contributed by atoms with Crippen LogP contribution in [-0.2, 0) is 20.9 Å². The van der Waals surface area contributed by atoms with Crippen LogP contribution >= 0.6 is 11.3 Å². The average Bonchev–Trinajstić information content (AvgIpc) is 2.97. The lowest BCUT2D eigenvalue weighted by Gasteiger charge is -2.35. The first-order chi connectivity index (χ1) is 14.1. The fourth-order valence-electron chi connectivity index (χ4n) is 3.52. The number of carbonyl (C=O) groups excluding carboxylic acids is 1. The Balaban J connectivity index is 0.000000303. The maximum atomic E-state index is 12.5. The largest absolute Gasteiger partial charge is 0.480 e. The maximum Gasteiger partial charge on any atom is 0.320 e. The third-order valence-electron chi connectivity index (χ3n) is 4.88. The average molecular weight is 438 g/mol. The summed E-state index contributed by atoms with van der Waals surface area (Å²) in [6.07, 6.45) is 0.0716. The second kappa shape index (κ2) is 10.7. The number of likely N-dealkylation sites (N-methyl/N-ethyl adjacent to an activating group) is 1. The summed E-state index contributed by atoms with van der Waals surface area (Å²) >= 11 is 1.18. The predicted molar refractivity (Wildman–Crippen MR) is 118 cm³/mol. The molecule has 1 aliphatic rings. The smallest absolute Gasteiger partial charge is 0.320 e. The molecule has 1 aliphatic heterocycles. The zero-order valence-corrected chi connectivity index (χ0v) is 18.9. The highest BCUT2D eigenvalue weighted by atomic mass is 32.1. The van der Waals surface area contributed by atoms with Crippen molar-refractivity contribution < 1.29 is 19.4 Å². The number of aliphatic carboxylic acids is 1. The number of aromatic nitrogens is 1. The van der Waals surface area contributed by atoms with E-state index in [-0.39, 0.29) is 35.5 Å². The van der Waals surface area contributed by atoms with Gasteiger partial charge in [0.25, 0.3) is 0 Å². The molecule has 0 saturated carbocycles. The number of ether oxygens (including phenoxy) is 1. The van der Waals surface area contributed by atoms with E-state index in [1.807, 2.05) is 52.0 Å². The minimum atomic E-state index is -0.785. The van der Waals surface area contributed by atoms with Gasteiger partial charge in [-0.15, -0.1) is 0 Å². The molecule has 2 heterocycles. The fraction of sp³-hybridized carbons (Fsp3) is 0.571. The number of fused-ring (bicyclic) bond motifs is 1. The minimum Gasteiger partial charge on any atom is -0.480 e. The number of thiazole rings is 1. The lowest BCUT2D eigenvalue weighted by molar-refractivity contribution is -0.143. The summed E-state index contributed by atoms with van der Waals surface area (Å²) in [5, 5.41) is 11.2. The summed E-state index contributed by atoms with van der Waals surface area (Å²) in [7, 11) is 1.65. The van der Waals surface area contributed by atoms with Crippen molar-refractivity contribution in [2.24, 2.45) is 5.92 Å². The molecule has 3 atom stereocenters. The standard InChI is InChI=1S/C15H18N2O3S.C6H13NO2/c1-10-7-16(8-11(2)20-10)14(18)9-17-12-5-3-4-6-13(12)21-15(17)19;1-4(2)5(7-3)6(8)9/h3-6,10-11H,7-9H2,1-2H3;4-5,7H,1-3H3,(H,8,9)/t;5-/m.0/s1. The van der Waals surface area contributed by atoms with E-state index in [0.29, 0.717) is 13.1 Å². The van der Waals surface area contributed by atoms with E-state index in [9.17, 15) is 14.4 Å². The maximum absolute atomic E-state index is 12.5. The van der Waals surface area contributed by atoms with E-state index in [1.165, 1.54) is 11.3 Å². The van der Waals surface area contributed by atoms with Gasteiger partial charge in [0.15, 0.2) is 0 Å². The van der Waals surface area contributed by atoms with Crippen molar-refractivity contribution in [3.05, 3.63) is 33.9 Å². The van der Waals surface area contributed by atoms with Crippen LogP contribution in [0.1, 0.15) is 27.7 Å². The summed E-state index contributed by atoms with van der Waals surface area (Å²) in [6, 6.07) is 7.15. The molecule has 166 valence electrons. The van der Waals surface area contributed by atoms with Crippen LogP contribution in [0.25, 0.3) is 10.2 Å². The van der Waals surface area contributed by atoms with Gasteiger partial charge >= 0.3 is 10.8 Å². The number of morpholine rings is 1. The van der Waals surface area contributed by atoms with Gasteiger partial charge in [0.05, 0.1) is 22.4 Å². The molecule has 30 heavy (non-hydrogen) atoms. The number of carboxylic acids is 1. The van der Waals surface area contributed by atoms with Crippen molar-refractivity contribution in [3.8, 4) is 0 Å². The van der Waals surface area contributed by atoms with E-state index in [4.69, 9.17) is 9.84 Å². The van der Waals surface area contributed by atoms with Gasteiger partial charge < -0.3 is 20.1 Å². The topological polar surface area (TPSA) is 101 Å². The van der Waals surface area contributed by atoms with Crippen LogP contribution in [0, 0.1) is 5.92 Å². The Labute approximate surface area is 180 Å². The van der Waals surface area contributed by atoms with Crippen molar-refractivity contribution in [2.45, 2.75) is 52.5 Å². The van der Waals surface area contributed by atoms with Crippen LogP contribution in [-0.4, -0.2) is 64.8 Å². The van der Waals surface area contributed by atoms with Crippen LogP contribution in [0.2, 0.25) is 0 Å². The molecule has 9 heteroatoms. The first-order valence-electron chi connectivity index (χ1n) is 10.1. The highest BCUT2D eigenvalue weighted by molar-refractivity contribution is 7.16. The Morgan fingerprint density at radius 1 is 1.23 bits per heavy atom. The highest BCUT2D eigenvalue weighted by Crippen LogP contribution is 2.17. The quantitative estimate of drug-likeness (QED) is 0.742. The Hall–Kier alpha value is -2.23. The van der Waals surface area contributed by atoms with Crippen molar-refractivity contribution in [2.75, 3.05) is 20.1 Å². The molecule has 1 saturated heterocycles. The van der Waals surface area contributed by atoms with Crippen molar-refractivity contribution in [1.82, 2.24) is 14.8 Å². The minimum absolute atomic E-state index is 0.0253. The van der Waals surface area contributed by atoms with E-state index in [0.717, 1.165) is 10.2 Å². The summed E-state index contributed by atoms with van der Waals surface area (Å²) in [4.78, 5) is 36.6. The molecule has 0 bridgehead atoms. The normalized spacial score (nSPS) is 20.0. The number of para-hydroxylation sites is 1. The molecule has 1 fully saturated rings. The van der Waals surface area contributed by atoms with Gasteiger partial charge in [0.2, 0.25) is 5.91 Å². The monoisotopic (exact) mass is 437 g/mol. The van der Waals surface area contributed by atoms with Gasteiger partial charge in [0, 0.05) is 13.1 Å². The summed E-state index contributed by atoms with van der Waals surface area (Å²) in [5.41, 5.74) is 0.829. The lowest BCUT2D eigenvalue weighted by Crippen LogP contribution is -2.49. The molecule has 2 N–H and O–H groups in total. The highest BCUT2D eigenvalue weighted by Gasteiger charge is 2.26. The van der Waals surface area contributed by atoms with Crippen LogP contribution in [0.5, 0.6) is 0 Å². The molecular weight excluding hydrogens is 406 g/mol. The van der Waals surface area contributed by atoms with E-state index < -0.39 is 12.0 Å². The van der Waals surface area contributed by atoms with Crippen LogP contribution in [0.4, 0.5) is 0 Å². The molecule has 2 unspecified atom stereocenters. The molecular formula is C21H31N3O5S. The number of carboxylic acid groups (broad SMARTS) is 1. The van der Waals surface area contributed by atoms with E-state index >= 15 is 0 Å². The first-order valence-corrected chi connectivity index (χ1v) is 10.9. The number of carbonyl (C=O) groups is 2. The molecule has 0 radical (unpaired) electrons. The number of nitrogens with one attached hydrogen (secondary N) is 1. The number of benzene rings is 1. The Bertz CT molecular complexity index is 913.